The third-order valence-electron chi connectivity index (χ3n) is 3.18. The number of nitrogens with zero attached hydrogens (tertiary/aromatic N) is 2. The van der Waals surface area contributed by atoms with Crippen LogP contribution in [0.4, 0.5) is 4.39 Å². The van der Waals surface area contributed by atoms with E-state index in [2.05, 4.69) is 4.98 Å². The molecule has 0 aliphatic carbocycles. The topological polar surface area (TPSA) is 43.3 Å². The molecule has 19 heavy (non-hydrogen) atoms. The number of rotatable bonds is 3. The molecule has 0 radical (unpaired) electrons. The Bertz CT molecular complexity index is 701. The molecule has 3 nitrogen and oxygen atoms in total. The highest BCUT2D eigenvalue weighted by Gasteiger charge is 2.05. The summed E-state index contributed by atoms with van der Waals surface area (Å²) < 4.78 is 14.9. The van der Waals surface area contributed by atoms with Gasteiger partial charge in [0.1, 0.15) is 11.6 Å². The van der Waals surface area contributed by atoms with E-state index in [1.165, 1.54) is 12.1 Å². The van der Waals surface area contributed by atoms with Crippen molar-refractivity contribution in [3.05, 3.63) is 71.6 Å². The molecular formula is C15H14FN3. The van der Waals surface area contributed by atoms with Crippen LogP contribution < -0.4 is 5.73 Å². The van der Waals surface area contributed by atoms with Gasteiger partial charge in [0.15, 0.2) is 0 Å². The molecule has 2 N–H and O–H groups in total. The van der Waals surface area contributed by atoms with Crippen LogP contribution in [0.3, 0.4) is 0 Å². The summed E-state index contributed by atoms with van der Waals surface area (Å²) in [6.45, 7) is 0.523. The number of halogens is 1. The third-order valence-corrected chi connectivity index (χ3v) is 3.18. The molecule has 3 rings (SSSR count). The number of hydrogen-bond acceptors (Lipinski definition) is 2. The number of hydrogen-bond donors (Lipinski definition) is 1. The van der Waals surface area contributed by atoms with Gasteiger partial charge < -0.3 is 10.1 Å². The van der Waals surface area contributed by atoms with Crippen molar-refractivity contribution in [2.75, 3.05) is 0 Å². The lowest BCUT2D eigenvalue weighted by Crippen LogP contribution is -1.99. The van der Waals surface area contributed by atoms with Gasteiger partial charge in [-0.15, -0.1) is 0 Å². The molecular weight excluding hydrogens is 241 g/mol. The molecule has 0 amide bonds. The molecule has 1 aromatic carbocycles. The number of benzene rings is 1. The maximum Gasteiger partial charge on any atom is 0.123 e. The first-order valence-electron chi connectivity index (χ1n) is 6.15. The van der Waals surface area contributed by atoms with E-state index in [4.69, 9.17) is 5.73 Å². The molecule has 0 saturated heterocycles. The van der Waals surface area contributed by atoms with Gasteiger partial charge in [-0.1, -0.05) is 12.1 Å². The normalized spacial score (nSPS) is 11.1. The van der Waals surface area contributed by atoms with Crippen molar-refractivity contribution in [2.45, 2.75) is 13.0 Å². The van der Waals surface area contributed by atoms with E-state index >= 15 is 0 Å². The summed E-state index contributed by atoms with van der Waals surface area (Å²) in [7, 11) is 0. The van der Waals surface area contributed by atoms with Crippen molar-refractivity contribution in [2.24, 2.45) is 5.73 Å². The van der Waals surface area contributed by atoms with Crippen LogP contribution in [0.15, 0.2) is 48.8 Å². The monoisotopic (exact) mass is 255 g/mol. The molecule has 2 heterocycles. The fraction of sp³-hybridized carbons (Fsp3) is 0.133. The van der Waals surface area contributed by atoms with Crippen molar-refractivity contribution >= 4 is 5.52 Å². The van der Waals surface area contributed by atoms with Crippen LogP contribution in [-0.2, 0) is 13.0 Å². The van der Waals surface area contributed by atoms with Crippen LogP contribution >= 0.6 is 0 Å². The average molecular weight is 255 g/mol. The van der Waals surface area contributed by atoms with Gasteiger partial charge in [-0.2, -0.15) is 0 Å². The lowest BCUT2D eigenvalue weighted by atomic mass is 10.1. The summed E-state index contributed by atoms with van der Waals surface area (Å²) in [4.78, 5) is 4.42. The molecule has 0 atom stereocenters. The smallest absolute Gasteiger partial charge is 0.123 e. The van der Waals surface area contributed by atoms with Crippen molar-refractivity contribution < 1.29 is 4.39 Å². The SMILES string of the molecule is NCc1ccn2c(Cc3ccc(F)cc3)ncc2c1. The Hall–Kier alpha value is -2.20. The van der Waals surface area contributed by atoms with Gasteiger partial charge in [-0.05, 0) is 35.4 Å². The van der Waals surface area contributed by atoms with E-state index in [-0.39, 0.29) is 5.82 Å². The van der Waals surface area contributed by atoms with Gasteiger partial charge in [-0.25, -0.2) is 9.37 Å². The van der Waals surface area contributed by atoms with Crippen molar-refractivity contribution in [1.29, 1.82) is 0 Å². The summed E-state index contributed by atoms with van der Waals surface area (Å²) in [6.07, 6.45) is 4.48. The minimum Gasteiger partial charge on any atom is -0.326 e. The molecule has 0 fully saturated rings. The second-order valence-electron chi connectivity index (χ2n) is 4.51. The third kappa shape index (κ3) is 2.35. The predicted octanol–water partition coefficient (Wildman–Crippen LogP) is 2.52. The van der Waals surface area contributed by atoms with Crippen molar-refractivity contribution in [3.63, 3.8) is 0 Å². The van der Waals surface area contributed by atoms with Gasteiger partial charge in [-0.3, -0.25) is 0 Å². The number of pyridine rings is 1. The van der Waals surface area contributed by atoms with Crippen LogP contribution in [-0.4, -0.2) is 9.38 Å². The molecule has 0 aliphatic heterocycles. The predicted molar refractivity (Wildman–Crippen MR) is 72.3 cm³/mol. The van der Waals surface area contributed by atoms with E-state index in [1.54, 1.807) is 12.1 Å². The minimum absolute atomic E-state index is 0.218. The van der Waals surface area contributed by atoms with Gasteiger partial charge in [0, 0.05) is 19.2 Å². The standard InChI is InChI=1S/C15H14FN3/c16-13-3-1-11(2-4-13)8-15-18-10-14-7-12(9-17)5-6-19(14)15/h1-7,10H,8-9,17H2. The Morgan fingerprint density at radius 3 is 2.63 bits per heavy atom. The largest absolute Gasteiger partial charge is 0.326 e. The first kappa shape index (κ1) is 11.9. The maximum atomic E-state index is 12.9. The zero-order valence-corrected chi connectivity index (χ0v) is 10.4. The summed E-state index contributed by atoms with van der Waals surface area (Å²) in [5, 5.41) is 0. The lowest BCUT2D eigenvalue weighted by Gasteiger charge is -2.03. The highest BCUT2D eigenvalue weighted by Crippen LogP contribution is 2.13. The average Bonchev–Trinajstić information content (AvgIpc) is 2.83. The Labute approximate surface area is 110 Å². The molecule has 3 aromatic rings. The molecule has 4 heteroatoms. The Kier molecular flexibility index (Phi) is 3.01. The van der Waals surface area contributed by atoms with Crippen molar-refractivity contribution in [1.82, 2.24) is 9.38 Å². The maximum absolute atomic E-state index is 12.9. The number of fused-ring (bicyclic) bond motifs is 1. The van der Waals surface area contributed by atoms with Crippen LogP contribution in [0.5, 0.6) is 0 Å². The molecule has 0 spiro atoms. The van der Waals surface area contributed by atoms with Crippen LogP contribution in [0.25, 0.3) is 5.52 Å². The second-order valence-corrected chi connectivity index (χ2v) is 4.51. The number of imidazole rings is 1. The van der Waals surface area contributed by atoms with Gasteiger partial charge in [0.2, 0.25) is 0 Å². The summed E-state index contributed by atoms with van der Waals surface area (Å²) in [6, 6.07) is 10.5. The van der Waals surface area contributed by atoms with Gasteiger partial charge in [0.05, 0.1) is 11.7 Å². The lowest BCUT2D eigenvalue weighted by molar-refractivity contribution is 0.627. The van der Waals surface area contributed by atoms with Crippen LogP contribution in [0, 0.1) is 5.82 Å². The second kappa shape index (κ2) is 4.82. The molecule has 2 aromatic heterocycles. The summed E-state index contributed by atoms with van der Waals surface area (Å²) >= 11 is 0. The quantitative estimate of drug-likeness (QED) is 0.781. The molecule has 0 aliphatic rings. The fourth-order valence-electron chi connectivity index (χ4n) is 2.14. The molecule has 0 bridgehead atoms. The first-order valence-corrected chi connectivity index (χ1v) is 6.15. The molecule has 0 saturated carbocycles. The minimum atomic E-state index is -0.218. The Balaban J connectivity index is 1.95. The van der Waals surface area contributed by atoms with E-state index in [0.29, 0.717) is 13.0 Å². The van der Waals surface area contributed by atoms with E-state index in [9.17, 15) is 4.39 Å². The first-order chi connectivity index (χ1) is 9.26. The molecule has 96 valence electrons. The highest BCUT2D eigenvalue weighted by atomic mass is 19.1. The number of nitrogens with two attached hydrogens (primary N) is 1. The summed E-state index contributed by atoms with van der Waals surface area (Å²) in [5.41, 5.74) is 8.77. The molecule has 0 unspecified atom stereocenters. The van der Waals surface area contributed by atoms with Crippen molar-refractivity contribution in [3.8, 4) is 0 Å². The Morgan fingerprint density at radius 2 is 1.89 bits per heavy atom. The van der Waals surface area contributed by atoms with Gasteiger partial charge >= 0.3 is 0 Å². The van der Waals surface area contributed by atoms with Gasteiger partial charge in [0.25, 0.3) is 0 Å². The van der Waals surface area contributed by atoms with E-state index in [1.807, 2.05) is 28.9 Å². The fourth-order valence-corrected chi connectivity index (χ4v) is 2.14. The van der Waals surface area contributed by atoms with E-state index < -0.39 is 0 Å². The zero-order valence-electron chi connectivity index (χ0n) is 10.4. The highest BCUT2D eigenvalue weighted by molar-refractivity contribution is 5.48. The summed E-state index contributed by atoms with van der Waals surface area (Å²) in [5.74, 6) is 0.717. The van der Waals surface area contributed by atoms with E-state index in [0.717, 1.165) is 22.5 Å². The zero-order chi connectivity index (χ0) is 13.2. The number of aromatic nitrogens is 2. The Morgan fingerprint density at radius 1 is 1.11 bits per heavy atom. The van der Waals surface area contributed by atoms with Crippen LogP contribution in [0.1, 0.15) is 17.0 Å². The van der Waals surface area contributed by atoms with Crippen LogP contribution in [0.2, 0.25) is 0 Å².